The number of hydrogen-bond donors (Lipinski definition) is 2. The van der Waals surface area contributed by atoms with Crippen LogP contribution in [-0.4, -0.2) is 50.0 Å². The van der Waals surface area contributed by atoms with Gasteiger partial charge < -0.3 is 15.4 Å². The van der Waals surface area contributed by atoms with Gasteiger partial charge in [-0.05, 0) is 48.2 Å². The Kier molecular flexibility index (Phi) is 9.18. The first-order valence-corrected chi connectivity index (χ1v) is 16.6. The Morgan fingerprint density at radius 1 is 1.07 bits per heavy atom. The standard InChI is InChI=1S/C30H30Cl2F2N4O5S/c1-44(42,43)36-23-10-4-5-11-24(23)38-27(21-14-13-18(31)16-22(21)32)26(19-8-2-3-9-20(19)29(38)40)28(39)35-17-30(33,34)25-12-6-7-15-37(25)41/h2-3,6-9,12-16,23-24,26-27,36H,4-5,10-11,17H2,1H3,(H,35,39)/t23-,24-,26+,27-/m0/s1. The van der Waals surface area contributed by atoms with Crippen LogP contribution in [0.25, 0.3) is 0 Å². The lowest BCUT2D eigenvalue weighted by Crippen LogP contribution is -2.59. The van der Waals surface area contributed by atoms with Crippen LogP contribution >= 0.6 is 23.2 Å². The maximum Gasteiger partial charge on any atom is 0.347 e. The molecule has 9 nitrogen and oxygen atoms in total. The van der Waals surface area contributed by atoms with Gasteiger partial charge in [0, 0.05) is 39.8 Å². The van der Waals surface area contributed by atoms with Crippen molar-refractivity contribution in [3.05, 3.63) is 104 Å². The zero-order valence-electron chi connectivity index (χ0n) is 23.6. The quantitative estimate of drug-likeness (QED) is 0.267. The van der Waals surface area contributed by atoms with E-state index in [2.05, 4.69) is 10.0 Å². The van der Waals surface area contributed by atoms with Crippen molar-refractivity contribution in [1.82, 2.24) is 14.9 Å². The molecule has 1 aromatic heterocycles. The Morgan fingerprint density at radius 2 is 1.77 bits per heavy atom. The zero-order chi connectivity index (χ0) is 31.8. The number of benzene rings is 2. The number of halogens is 4. The molecule has 3 aromatic rings. The van der Waals surface area contributed by atoms with Crippen LogP contribution in [0.2, 0.25) is 10.0 Å². The van der Waals surface area contributed by atoms with E-state index < -0.39 is 64.0 Å². The molecule has 0 bridgehead atoms. The molecule has 0 saturated heterocycles. The van der Waals surface area contributed by atoms with Crippen LogP contribution in [0.5, 0.6) is 0 Å². The molecule has 44 heavy (non-hydrogen) atoms. The highest BCUT2D eigenvalue weighted by molar-refractivity contribution is 7.88. The van der Waals surface area contributed by atoms with Crippen molar-refractivity contribution in [3.8, 4) is 0 Å². The molecule has 5 rings (SSSR count). The fourth-order valence-electron chi connectivity index (χ4n) is 6.24. The first-order chi connectivity index (χ1) is 20.8. The van der Waals surface area contributed by atoms with Gasteiger partial charge in [0.25, 0.3) is 11.6 Å². The van der Waals surface area contributed by atoms with Gasteiger partial charge in [-0.1, -0.05) is 60.3 Å². The summed E-state index contributed by atoms with van der Waals surface area (Å²) < 4.78 is 57.8. The van der Waals surface area contributed by atoms with E-state index in [1.165, 1.54) is 23.1 Å². The Balaban J connectivity index is 1.63. The number of pyridine rings is 1. The molecule has 2 N–H and O–H groups in total. The summed E-state index contributed by atoms with van der Waals surface area (Å²) in [5, 5.41) is 14.8. The second-order valence-electron chi connectivity index (χ2n) is 11.1. The lowest BCUT2D eigenvalue weighted by molar-refractivity contribution is -0.624. The summed E-state index contributed by atoms with van der Waals surface area (Å²) in [5.41, 5.74) is -0.0113. The highest BCUT2D eigenvalue weighted by Gasteiger charge is 2.50. The third-order valence-corrected chi connectivity index (χ3v) is 9.37. The molecule has 2 aromatic carbocycles. The van der Waals surface area contributed by atoms with Crippen LogP contribution in [0, 0.1) is 5.21 Å². The Bertz CT molecular complexity index is 1690. The fourth-order valence-corrected chi connectivity index (χ4v) is 7.58. The van der Waals surface area contributed by atoms with Gasteiger partial charge in [0.15, 0.2) is 6.20 Å². The summed E-state index contributed by atoms with van der Waals surface area (Å²) >= 11 is 12.9. The number of nitrogens with one attached hydrogen (secondary N) is 2. The van der Waals surface area contributed by atoms with Crippen molar-refractivity contribution in [2.24, 2.45) is 0 Å². The molecule has 0 radical (unpaired) electrons. The van der Waals surface area contributed by atoms with Gasteiger partial charge >= 0.3 is 5.92 Å². The maximum atomic E-state index is 15.2. The van der Waals surface area contributed by atoms with Crippen molar-refractivity contribution in [1.29, 1.82) is 0 Å². The predicted molar refractivity (Wildman–Crippen MR) is 161 cm³/mol. The molecule has 2 heterocycles. The molecule has 1 fully saturated rings. The number of hydrogen-bond acceptors (Lipinski definition) is 5. The number of alkyl halides is 2. The van der Waals surface area contributed by atoms with E-state index in [9.17, 15) is 23.2 Å². The van der Waals surface area contributed by atoms with Crippen molar-refractivity contribution in [3.63, 3.8) is 0 Å². The van der Waals surface area contributed by atoms with Crippen molar-refractivity contribution in [2.75, 3.05) is 12.8 Å². The van der Waals surface area contributed by atoms with Crippen LogP contribution < -0.4 is 14.8 Å². The van der Waals surface area contributed by atoms with Gasteiger partial charge in [0.1, 0.15) is 0 Å². The number of carbonyl (C=O) groups is 2. The third-order valence-electron chi connectivity index (χ3n) is 8.08. The first-order valence-electron chi connectivity index (χ1n) is 14.0. The first kappa shape index (κ1) is 32.1. The van der Waals surface area contributed by atoms with Crippen molar-refractivity contribution < 1.29 is 31.5 Å². The molecule has 234 valence electrons. The Morgan fingerprint density at radius 3 is 2.48 bits per heavy atom. The second-order valence-corrected chi connectivity index (χ2v) is 13.7. The lowest BCUT2D eigenvalue weighted by atomic mass is 9.76. The van der Waals surface area contributed by atoms with Gasteiger partial charge in [-0.25, -0.2) is 13.1 Å². The molecule has 4 atom stereocenters. The number of fused-ring (bicyclic) bond motifs is 1. The van der Waals surface area contributed by atoms with Gasteiger partial charge in [-0.2, -0.15) is 13.5 Å². The SMILES string of the molecule is CS(=O)(=O)N[C@H]1CCCC[C@@H]1N1C(=O)c2ccccc2[C@@H](C(=O)NCC(F)(F)c2cccc[n+]2[O-])[C@@H]1c1ccc(Cl)cc1Cl. The van der Waals surface area contributed by atoms with Crippen molar-refractivity contribution in [2.45, 2.75) is 55.6 Å². The van der Waals surface area contributed by atoms with Crippen LogP contribution in [-0.2, 0) is 20.7 Å². The Labute approximate surface area is 263 Å². The van der Waals surface area contributed by atoms with Gasteiger partial charge in [0.2, 0.25) is 15.9 Å². The van der Waals surface area contributed by atoms with E-state index >= 15 is 8.78 Å². The summed E-state index contributed by atoms with van der Waals surface area (Å²) in [4.78, 5) is 29.8. The number of nitrogens with zero attached hydrogens (tertiary/aromatic N) is 2. The van der Waals surface area contributed by atoms with E-state index in [1.807, 2.05) is 0 Å². The molecule has 1 aliphatic heterocycles. The average Bonchev–Trinajstić information content (AvgIpc) is 2.96. The maximum absolute atomic E-state index is 15.2. The normalized spacial score (nSPS) is 22.4. The minimum atomic E-state index is -3.72. The monoisotopic (exact) mass is 666 g/mol. The number of amides is 2. The average molecular weight is 668 g/mol. The Hall–Kier alpha value is -3.32. The largest absolute Gasteiger partial charge is 0.618 e. The van der Waals surface area contributed by atoms with E-state index in [0.29, 0.717) is 41.8 Å². The topological polar surface area (TPSA) is 123 Å². The molecular weight excluding hydrogens is 637 g/mol. The minimum Gasteiger partial charge on any atom is -0.618 e. The fraction of sp³-hybridized carbons (Fsp3) is 0.367. The second kappa shape index (κ2) is 12.6. The highest BCUT2D eigenvalue weighted by Crippen LogP contribution is 2.48. The van der Waals surface area contributed by atoms with E-state index in [4.69, 9.17) is 23.2 Å². The molecular formula is C30H30Cl2F2N4O5S. The van der Waals surface area contributed by atoms with Crippen LogP contribution in [0.4, 0.5) is 8.78 Å². The zero-order valence-corrected chi connectivity index (χ0v) is 25.9. The van der Waals surface area contributed by atoms with E-state index in [-0.39, 0.29) is 15.3 Å². The van der Waals surface area contributed by atoms with E-state index in [1.54, 1.807) is 36.4 Å². The van der Waals surface area contributed by atoms with Crippen LogP contribution in [0.1, 0.15) is 64.8 Å². The molecule has 0 spiro atoms. The lowest BCUT2D eigenvalue weighted by Gasteiger charge is -2.49. The van der Waals surface area contributed by atoms with E-state index in [0.717, 1.165) is 18.5 Å². The minimum absolute atomic E-state index is 0.0384. The van der Waals surface area contributed by atoms with Gasteiger partial charge in [0.05, 0.1) is 24.8 Å². The summed E-state index contributed by atoms with van der Waals surface area (Å²) in [7, 11) is -3.68. The predicted octanol–water partition coefficient (Wildman–Crippen LogP) is 4.68. The van der Waals surface area contributed by atoms with Crippen LogP contribution in [0.3, 0.4) is 0 Å². The highest BCUT2D eigenvalue weighted by atomic mass is 35.5. The number of rotatable bonds is 8. The van der Waals surface area contributed by atoms with Crippen molar-refractivity contribution >= 4 is 45.0 Å². The molecule has 14 heteroatoms. The smallest absolute Gasteiger partial charge is 0.347 e. The third kappa shape index (κ3) is 6.53. The molecule has 2 amide bonds. The molecule has 1 aliphatic carbocycles. The molecule has 2 aliphatic rings. The molecule has 1 saturated carbocycles. The number of sulfonamides is 1. The summed E-state index contributed by atoms with van der Waals surface area (Å²) in [6.45, 7) is -1.19. The van der Waals surface area contributed by atoms with Crippen LogP contribution in [0.15, 0.2) is 66.9 Å². The summed E-state index contributed by atoms with van der Waals surface area (Å²) in [5.74, 6) is -6.23. The number of carbonyl (C=O) groups excluding carboxylic acids is 2. The number of aromatic nitrogens is 1. The molecule has 0 unspecified atom stereocenters. The van der Waals surface area contributed by atoms with Gasteiger partial charge in [-0.15, -0.1) is 0 Å². The summed E-state index contributed by atoms with van der Waals surface area (Å²) in [6, 6.07) is 12.1. The summed E-state index contributed by atoms with van der Waals surface area (Å²) in [6.07, 6.45) is 4.25. The van der Waals surface area contributed by atoms with Gasteiger partial charge in [-0.3, -0.25) is 9.59 Å².